The lowest BCUT2D eigenvalue weighted by Crippen LogP contribution is -2.09. The van der Waals surface area contributed by atoms with E-state index in [9.17, 15) is 26.7 Å². The van der Waals surface area contributed by atoms with Crippen LogP contribution in [0.25, 0.3) is 0 Å². The minimum atomic E-state index is -2.23. The Labute approximate surface area is 144 Å². The topological polar surface area (TPSA) is 35.5 Å². The smallest absolute Gasteiger partial charge is 0.231 e. The molecule has 1 aliphatic heterocycles. The normalized spacial score (nSPS) is 12.9. The number of ketones is 1. The molecule has 0 fully saturated rings. The first-order valence-electron chi connectivity index (χ1n) is 7.39. The Kier molecular flexibility index (Phi) is 4.43. The first-order valence-corrected chi connectivity index (χ1v) is 7.39. The highest BCUT2D eigenvalue weighted by atomic mass is 19.2. The number of Topliss-reactive ketones (excluding diaryl/α,β-unsaturated/α-hetero) is 1. The predicted octanol–water partition coefficient (Wildman–Crippen LogP) is 4.83. The van der Waals surface area contributed by atoms with Crippen molar-refractivity contribution < 1.29 is 36.2 Å². The first-order chi connectivity index (χ1) is 12.2. The second-order valence-electron chi connectivity index (χ2n) is 5.76. The lowest BCUT2D eigenvalue weighted by Gasteiger charge is -2.10. The quantitative estimate of drug-likeness (QED) is 0.336. The molecule has 136 valence electrons. The van der Waals surface area contributed by atoms with Crippen LogP contribution in [0.15, 0.2) is 29.5 Å². The molecule has 0 saturated carbocycles. The fraction of sp³-hybridized carbons (Fsp3) is 0.167. The molecular formula is C18H11F5O3. The molecule has 0 bridgehead atoms. The Hall–Kier alpha value is -2.90. The van der Waals surface area contributed by atoms with E-state index in [2.05, 4.69) is 0 Å². The second-order valence-corrected chi connectivity index (χ2v) is 5.76. The second kappa shape index (κ2) is 6.44. The molecule has 0 aromatic heterocycles. The van der Waals surface area contributed by atoms with Crippen LogP contribution in [0.2, 0.25) is 0 Å². The van der Waals surface area contributed by atoms with Gasteiger partial charge in [0, 0.05) is 6.07 Å². The van der Waals surface area contributed by atoms with Gasteiger partial charge in [-0.05, 0) is 31.6 Å². The third kappa shape index (κ3) is 2.81. The highest BCUT2D eigenvalue weighted by Gasteiger charge is 2.29. The van der Waals surface area contributed by atoms with Crippen molar-refractivity contribution in [3.63, 3.8) is 0 Å². The maximum Gasteiger partial charge on any atom is 0.231 e. The van der Waals surface area contributed by atoms with E-state index < -0.39 is 41.3 Å². The van der Waals surface area contributed by atoms with E-state index in [4.69, 9.17) is 9.47 Å². The van der Waals surface area contributed by atoms with Gasteiger partial charge in [-0.25, -0.2) is 22.0 Å². The lowest BCUT2D eigenvalue weighted by molar-refractivity contribution is 0.101. The number of ether oxygens (including phenoxy) is 2. The zero-order valence-electron chi connectivity index (χ0n) is 13.6. The molecule has 0 radical (unpaired) electrons. The van der Waals surface area contributed by atoms with Crippen LogP contribution in [0.5, 0.6) is 11.5 Å². The maximum absolute atomic E-state index is 13.6. The van der Waals surface area contributed by atoms with Crippen molar-refractivity contribution in [3.05, 3.63) is 69.7 Å². The number of carbonyl (C=O) groups is 1. The third-order valence-corrected chi connectivity index (χ3v) is 3.75. The summed E-state index contributed by atoms with van der Waals surface area (Å²) in [5.41, 5.74) is -0.149. The number of rotatable bonds is 3. The largest absolute Gasteiger partial charge is 0.489 e. The third-order valence-electron chi connectivity index (χ3n) is 3.75. The molecule has 0 unspecified atom stereocenters. The number of halogens is 5. The Morgan fingerprint density at radius 1 is 0.962 bits per heavy atom. The SMILES string of the molecule is CC(C)=C1Oc2cc(OCc3c(F)c(F)c(F)c(F)c3F)ccc2C1=O. The molecule has 26 heavy (non-hydrogen) atoms. The summed E-state index contributed by atoms with van der Waals surface area (Å²) in [5.74, 6) is -10.2. The summed E-state index contributed by atoms with van der Waals surface area (Å²) in [6.45, 7) is 2.49. The highest BCUT2D eigenvalue weighted by Crippen LogP contribution is 2.35. The van der Waals surface area contributed by atoms with E-state index in [-0.39, 0.29) is 28.6 Å². The van der Waals surface area contributed by atoms with Gasteiger partial charge in [-0.2, -0.15) is 0 Å². The number of hydrogen-bond donors (Lipinski definition) is 0. The summed E-state index contributed by atoms with van der Waals surface area (Å²) < 4.78 is 77.2. The van der Waals surface area contributed by atoms with Crippen molar-refractivity contribution in [3.8, 4) is 11.5 Å². The van der Waals surface area contributed by atoms with Crippen molar-refractivity contribution in [1.82, 2.24) is 0 Å². The molecule has 0 spiro atoms. The molecule has 0 amide bonds. The fourth-order valence-electron chi connectivity index (χ4n) is 2.40. The molecule has 0 N–H and O–H groups in total. The Morgan fingerprint density at radius 3 is 2.12 bits per heavy atom. The van der Waals surface area contributed by atoms with Crippen LogP contribution < -0.4 is 9.47 Å². The number of allylic oxidation sites excluding steroid dienone is 2. The van der Waals surface area contributed by atoms with Gasteiger partial charge in [0.15, 0.2) is 29.0 Å². The van der Waals surface area contributed by atoms with Crippen LogP contribution in [-0.2, 0) is 6.61 Å². The highest BCUT2D eigenvalue weighted by molar-refractivity contribution is 6.12. The van der Waals surface area contributed by atoms with Crippen LogP contribution in [-0.4, -0.2) is 5.78 Å². The first kappa shape index (κ1) is 17.9. The molecule has 3 nitrogen and oxygen atoms in total. The predicted molar refractivity (Wildman–Crippen MR) is 80.3 cm³/mol. The molecule has 2 aromatic rings. The summed E-state index contributed by atoms with van der Waals surface area (Å²) in [4.78, 5) is 12.1. The van der Waals surface area contributed by atoms with Crippen molar-refractivity contribution in [1.29, 1.82) is 0 Å². The van der Waals surface area contributed by atoms with Crippen LogP contribution in [0, 0.1) is 29.1 Å². The zero-order chi connectivity index (χ0) is 19.2. The molecule has 1 heterocycles. The van der Waals surface area contributed by atoms with Gasteiger partial charge in [0.2, 0.25) is 11.6 Å². The van der Waals surface area contributed by atoms with Gasteiger partial charge in [0.25, 0.3) is 0 Å². The molecule has 0 atom stereocenters. The van der Waals surface area contributed by atoms with Gasteiger partial charge in [-0.15, -0.1) is 0 Å². The van der Waals surface area contributed by atoms with Crippen molar-refractivity contribution >= 4 is 5.78 Å². The number of carbonyl (C=O) groups excluding carboxylic acids is 1. The summed E-state index contributed by atoms with van der Waals surface area (Å²) in [7, 11) is 0. The fourth-order valence-corrected chi connectivity index (χ4v) is 2.40. The van der Waals surface area contributed by atoms with Crippen LogP contribution >= 0.6 is 0 Å². The average Bonchev–Trinajstić information content (AvgIpc) is 2.95. The Balaban J connectivity index is 1.87. The van der Waals surface area contributed by atoms with Gasteiger partial charge in [-0.1, -0.05) is 0 Å². The summed E-state index contributed by atoms with van der Waals surface area (Å²) in [5, 5.41) is 0. The van der Waals surface area contributed by atoms with E-state index in [1.165, 1.54) is 18.2 Å². The van der Waals surface area contributed by atoms with Gasteiger partial charge in [-0.3, -0.25) is 4.79 Å². The molecule has 2 aromatic carbocycles. The van der Waals surface area contributed by atoms with Gasteiger partial charge < -0.3 is 9.47 Å². The number of fused-ring (bicyclic) bond motifs is 1. The minimum Gasteiger partial charge on any atom is -0.489 e. The van der Waals surface area contributed by atoms with Gasteiger partial charge in [0.1, 0.15) is 18.1 Å². The number of benzene rings is 2. The van der Waals surface area contributed by atoms with Crippen LogP contribution in [0.4, 0.5) is 22.0 Å². The summed E-state index contributed by atoms with van der Waals surface area (Å²) >= 11 is 0. The standard InChI is InChI=1S/C18H11F5O3/c1-7(2)18-17(24)9-4-3-8(5-11(9)26-18)25-6-10-12(19)14(21)16(23)15(22)13(10)20/h3-5H,6H2,1-2H3. The minimum absolute atomic E-state index is 0.0375. The maximum atomic E-state index is 13.6. The van der Waals surface area contributed by atoms with E-state index in [0.717, 1.165) is 0 Å². The van der Waals surface area contributed by atoms with Crippen molar-refractivity contribution in [2.45, 2.75) is 20.5 Å². The van der Waals surface area contributed by atoms with Gasteiger partial charge >= 0.3 is 0 Å². The Morgan fingerprint density at radius 2 is 1.54 bits per heavy atom. The van der Waals surface area contributed by atoms with Gasteiger partial charge in [0.05, 0.1) is 11.1 Å². The van der Waals surface area contributed by atoms with Crippen molar-refractivity contribution in [2.75, 3.05) is 0 Å². The van der Waals surface area contributed by atoms with Crippen LogP contribution in [0.1, 0.15) is 29.8 Å². The molecule has 8 heteroatoms. The summed E-state index contributed by atoms with van der Waals surface area (Å²) in [6.07, 6.45) is 0. The van der Waals surface area contributed by atoms with E-state index in [1.807, 2.05) is 0 Å². The molecule has 0 saturated heterocycles. The lowest BCUT2D eigenvalue weighted by atomic mass is 10.1. The van der Waals surface area contributed by atoms with Crippen molar-refractivity contribution in [2.24, 2.45) is 0 Å². The van der Waals surface area contributed by atoms with E-state index in [1.54, 1.807) is 13.8 Å². The summed E-state index contributed by atoms with van der Waals surface area (Å²) in [6, 6.07) is 4.02. The molecule has 0 aliphatic carbocycles. The molecular weight excluding hydrogens is 359 g/mol. The molecule has 1 aliphatic rings. The average molecular weight is 370 g/mol. The van der Waals surface area contributed by atoms with E-state index in [0.29, 0.717) is 5.57 Å². The zero-order valence-corrected chi connectivity index (χ0v) is 13.6. The Bertz CT molecular complexity index is 933. The van der Waals surface area contributed by atoms with E-state index >= 15 is 0 Å². The number of hydrogen-bond acceptors (Lipinski definition) is 3. The van der Waals surface area contributed by atoms with Crippen LogP contribution in [0.3, 0.4) is 0 Å². The monoisotopic (exact) mass is 370 g/mol. The molecule has 3 rings (SSSR count).